The van der Waals surface area contributed by atoms with Crippen LogP contribution in [0.15, 0.2) is 12.7 Å². The van der Waals surface area contributed by atoms with E-state index in [-0.39, 0.29) is 18.7 Å². The van der Waals surface area contributed by atoms with Gasteiger partial charge >= 0.3 is 6.09 Å². The molecular formula is C13H24N2O2. The second-order valence-electron chi connectivity index (χ2n) is 5.11. The van der Waals surface area contributed by atoms with Crippen molar-refractivity contribution < 1.29 is 9.53 Å². The van der Waals surface area contributed by atoms with Gasteiger partial charge in [0.25, 0.3) is 0 Å². The normalized spacial score (nSPS) is 24.8. The number of nitrogens with zero attached hydrogens (tertiary/aromatic N) is 1. The SMILES string of the molecule is C=CCOC(=O)N1CC(C)NCC1CC(C)C. The average molecular weight is 240 g/mol. The molecule has 0 saturated carbocycles. The molecule has 1 aliphatic rings. The van der Waals surface area contributed by atoms with Crippen LogP contribution in [-0.2, 0) is 4.74 Å². The summed E-state index contributed by atoms with van der Waals surface area (Å²) in [5.41, 5.74) is 0. The maximum atomic E-state index is 11.9. The molecule has 17 heavy (non-hydrogen) atoms. The van der Waals surface area contributed by atoms with E-state index in [1.807, 2.05) is 4.90 Å². The van der Waals surface area contributed by atoms with Crippen LogP contribution in [0, 0.1) is 5.92 Å². The van der Waals surface area contributed by atoms with Gasteiger partial charge in [-0.2, -0.15) is 0 Å². The van der Waals surface area contributed by atoms with E-state index in [0.29, 0.717) is 18.5 Å². The van der Waals surface area contributed by atoms with Gasteiger partial charge in [-0.3, -0.25) is 0 Å². The fourth-order valence-corrected chi connectivity index (χ4v) is 2.15. The Morgan fingerprint density at radius 3 is 2.94 bits per heavy atom. The number of rotatable bonds is 4. The number of piperazine rings is 1. The van der Waals surface area contributed by atoms with Crippen LogP contribution in [0.5, 0.6) is 0 Å². The zero-order valence-corrected chi connectivity index (χ0v) is 11.1. The summed E-state index contributed by atoms with van der Waals surface area (Å²) in [4.78, 5) is 13.8. The summed E-state index contributed by atoms with van der Waals surface area (Å²) in [6.45, 7) is 11.8. The molecule has 4 nitrogen and oxygen atoms in total. The second kappa shape index (κ2) is 6.64. The quantitative estimate of drug-likeness (QED) is 0.764. The molecule has 0 aromatic rings. The predicted octanol–water partition coefficient (Wildman–Crippen LogP) is 2.02. The van der Waals surface area contributed by atoms with Crippen molar-refractivity contribution in [3.05, 3.63) is 12.7 Å². The number of carbonyl (C=O) groups excluding carboxylic acids is 1. The lowest BCUT2D eigenvalue weighted by Gasteiger charge is -2.39. The molecule has 1 aliphatic heterocycles. The topological polar surface area (TPSA) is 41.6 Å². The van der Waals surface area contributed by atoms with Gasteiger partial charge in [0, 0.05) is 25.2 Å². The van der Waals surface area contributed by atoms with E-state index in [1.165, 1.54) is 0 Å². The molecule has 0 aromatic carbocycles. The van der Waals surface area contributed by atoms with Crippen LogP contribution in [0.2, 0.25) is 0 Å². The zero-order chi connectivity index (χ0) is 12.8. The standard InChI is InChI=1S/C13H24N2O2/c1-5-6-17-13(16)15-9-11(4)14-8-12(15)7-10(2)3/h5,10-12,14H,1,6-9H2,2-4H3. The lowest BCUT2D eigenvalue weighted by Crippen LogP contribution is -2.57. The Kier molecular flexibility index (Phi) is 5.48. The third-order valence-corrected chi connectivity index (χ3v) is 2.92. The largest absolute Gasteiger partial charge is 0.445 e. The van der Waals surface area contributed by atoms with E-state index in [0.717, 1.165) is 13.0 Å². The van der Waals surface area contributed by atoms with Crippen molar-refractivity contribution in [2.24, 2.45) is 5.92 Å². The first-order valence-corrected chi connectivity index (χ1v) is 6.32. The van der Waals surface area contributed by atoms with E-state index in [4.69, 9.17) is 4.74 Å². The van der Waals surface area contributed by atoms with Gasteiger partial charge in [-0.25, -0.2) is 4.79 Å². The van der Waals surface area contributed by atoms with E-state index < -0.39 is 0 Å². The van der Waals surface area contributed by atoms with Gasteiger partial charge in [0.1, 0.15) is 6.61 Å². The minimum atomic E-state index is -0.219. The minimum Gasteiger partial charge on any atom is -0.445 e. The van der Waals surface area contributed by atoms with E-state index >= 15 is 0 Å². The molecule has 0 aliphatic carbocycles. The van der Waals surface area contributed by atoms with Gasteiger partial charge in [0.15, 0.2) is 0 Å². The van der Waals surface area contributed by atoms with Crippen LogP contribution in [0.4, 0.5) is 4.79 Å². The van der Waals surface area contributed by atoms with E-state index in [1.54, 1.807) is 6.08 Å². The smallest absolute Gasteiger partial charge is 0.410 e. The maximum Gasteiger partial charge on any atom is 0.410 e. The molecule has 2 atom stereocenters. The lowest BCUT2D eigenvalue weighted by atomic mass is 10.00. The van der Waals surface area contributed by atoms with Crippen LogP contribution in [0.3, 0.4) is 0 Å². The Bertz CT molecular complexity index is 266. The number of ether oxygens (including phenoxy) is 1. The van der Waals surface area contributed by atoms with E-state index in [2.05, 4.69) is 32.7 Å². The fraction of sp³-hybridized carbons (Fsp3) is 0.769. The molecule has 0 radical (unpaired) electrons. The van der Waals surface area contributed by atoms with Crippen molar-refractivity contribution in [3.63, 3.8) is 0 Å². The predicted molar refractivity (Wildman–Crippen MR) is 69.0 cm³/mol. The monoisotopic (exact) mass is 240 g/mol. The summed E-state index contributed by atoms with van der Waals surface area (Å²) < 4.78 is 5.13. The van der Waals surface area contributed by atoms with Crippen LogP contribution < -0.4 is 5.32 Å². The zero-order valence-electron chi connectivity index (χ0n) is 11.1. The van der Waals surface area contributed by atoms with Gasteiger partial charge in [0.05, 0.1) is 0 Å². The highest BCUT2D eigenvalue weighted by molar-refractivity contribution is 5.68. The highest BCUT2D eigenvalue weighted by Crippen LogP contribution is 2.16. The highest BCUT2D eigenvalue weighted by Gasteiger charge is 2.30. The lowest BCUT2D eigenvalue weighted by molar-refractivity contribution is 0.0708. The summed E-state index contributed by atoms with van der Waals surface area (Å²) in [6, 6.07) is 0.568. The molecule has 4 heteroatoms. The molecule has 1 amide bonds. The number of hydrogen-bond acceptors (Lipinski definition) is 3. The van der Waals surface area contributed by atoms with Crippen LogP contribution in [-0.4, -0.2) is 42.8 Å². The third-order valence-electron chi connectivity index (χ3n) is 2.92. The molecule has 98 valence electrons. The number of amides is 1. The molecular weight excluding hydrogens is 216 g/mol. The second-order valence-corrected chi connectivity index (χ2v) is 5.11. The molecule has 1 N–H and O–H groups in total. The Balaban J connectivity index is 2.60. The Hall–Kier alpha value is -1.03. The summed E-state index contributed by atoms with van der Waals surface area (Å²) in [5.74, 6) is 0.574. The van der Waals surface area contributed by atoms with Gasteiger partial charge < -0.3 is 15.0 Å². The highest BCUT2D eigenvalue weighted by atomic mass is 16.6. The summed E-state index contributed by atoms with van der Waals surface area (Å²) >= 11 is 0. The van der Waals surface area contributed by atoms with Crippen molar-refractivity contribution in [3.8, 4) is 0 Å². The molecule has 0 aromatic heterocycles. The van der Waals surface area contributed by atoms with Crippen molar-refractivity contribution >= 4 is 6.09 Å². The number of hydrogen-bond donors (Lipinski definition) is 1. The van der Waals surface area contributed by atoms with Gasteiger partial charge in [-0.15, -0.1) is 0 Å². The summed E-state index contributed by atoms with van der Waals surface area (Å²) in [5, 5.41) is 3.41. The summed E-state index contributed by atoms with van der Waals surface area (Å²) in [7, 11) is 0. The van der Waals surface area contributed by atoms with Crippen molar-refractivity contribution in [2.45, 2.75) is 39.3 Å². The van der Waals surface area contributed by atoms with Gasteiger partial charge in [-0.1, -0.05) is 26.5 Å². The van der Waals surface area contributed by atoms with Gasteiger partial charge in [-0.05, 0) is 19.3 Å². The molecule has 2 unspecified atom stereocenters. The van der Waals surface area contributed by atoms with Crippen molar-refractivity contribution in [1.82, 2.24) is 10.2 Å². The molecule has 0 spiro atoms. The van der Waals surface area contributed by atoms with E-state index in [9.17, 15) is 4.79 Å². The Morgan fingerprint density at radius 2 is 2.35 bits per heavy atom. The third kappa shape index (κ3) is 4.38. The average Bonchev–Trinajstić information content (AvgIpc) is 2.27. The number of nitrogens with one attached hydrogen (secondary N) is 1. The van der Waals surface area contributed by atoms with Crippen LogP contribution in [0.1, 0.15) is 27.2 Å². The molecule has 1 saturated heterocycles. The number of carbonyl (C=O) groups is 1. The molecule has 1 fully saturated rings. The molecule has 1 heterocycles. The first kappa shape index (κ1) is 14.0. The summed E-state index contributed by atoms with van der Waals surface area (Å²) in [6.07, 6.45) is 2.38. The first-order chi connectivity index (χ1) is 8.04. The van der Waals surface area contributed by atoms with Gasteiger partial charge in [0.2, 0.25) is 0 Å². The van der Waals surface area contributed by atoms with Crippen molar-refractivity contribution in [1.29, 1.82) is 0 Å². The Labute approximate surface area is 104 Å². The fourth-order valence-electron chi connectivity index (χ4n) is 2.15. The van der Waals surface area contributed by atoms with Crippen molar-refractivity contribution in [2.75, 3.05) is 19.7 Å². The minimum absolute atomic E-state index is 0.219. The van der Waals surface area contributed by atoms with Crippen LogP contribution in [0.25, 0.3) is 0 Å². The Morgan fingerprint density at radius 1 is 1.65 bits per heavy atom. The molecule has 0 bridgehead atoms. The van der Waals surface area contributed by atoms with Crippen LogP contribution >= 0.6 is 0 Å². The first-order valence-electron chi connectivity index (χ1n) is 6.32. The maximum absolute atomic E-state index is 11.9. The molecule has 1 rings (SSSR count).